The third-order valence-electron chi connectivity index (χ3n) is 3.24. The molecule has 19 heavy (non-hydrogen) atoms. The lowest BCUT2D eigenvalue weighted by atomic mass is 10.1. The number of nitrogens with one attached hydrogen (secondary N) is 2. The van der Waals surface area contributed by atoms with E-state index < -0.39 is 6.10 Å². The highest BCUT2D eigenvalue weighted by molar-refractivity contribution is 5.85. The summed E-state index contributed by atoms with van der Waals surface area (Å²) in [4.78, 5) is 12.0. The zero-order valence-corrected chi connectivity index (χ0v) is 11.2. The minimum absolute atomic E-state index is 0. The quantitative estimate of drug-likeness (QED) is 0.837. The van der Waals surface area contributed by atoms with Crippen molar-refractivity contribution in [3.8, 4) is 5.75 Å². The van der Waals surface area contributed by atoms with Gasteiger partial charge in [-0.15, -0.1) is 12.4 Å². The van der Waals surface area contributed by atoms with Crippen LogP contribution in [0.3, 0.4) is 0 Å². The molecule has 0 aromatic heterocycles. The summed E-state index contributed by atoms with van der Waals surface area (Å²) < 4.78 is 11.0. The predicted molar refractivity (Wildman–Crippen MR) is 72.7 cm³/mol. The van der Waals surface area contributed by atoms with Gasteiger partial charge >= 0.3 is 0 Å². The van der Waals surface area contributed by atoms with E-state index in [4.69, 9.17) is 9.47 Å². The maximum Gasteiger partial charge on any atom is 0.251 e. The summed E-state index contributed by atoms with van der Waals surface area (Å²) in [5.74, 6) is 0.776. The summed E-state index contributed by atoms with van der Waals surface area (Å²) in [5, 5.41) is 6.12. The van der Waals surface area contributed by atoms with Gasteiger partial charge in [0.1, 0.15) is 18.5 Å². The van der Waals surface area contributed by atoms with Crippen molar-refractivity contribution in [1.29, 1.82) is 0 Å². The molecule has 2 aliphatic rings. The monoisotopic (exact) mass is 284 g/mol. The second-order valence-corrected chi connectivity index (χ2v) is 4.47. The van der Waals surface area contributed by atoms with E-state index in [2.05, 4.69) is 10.6 Å². The number of rotatable bonds is 2. The van der Waals surface area contributed by atoms with Crippen LogP contribution >= 0.6 is 12.4 Å². The fourth-order valence-corrected chi connectivity index (χ4v) is 2.28. The molecule has 2 heterocycles. The SMILES string of the molecule is Cl.O=C(NC1COc2ccccc21)C1CNCCO1. The lowest BCUT2D eigenvalue weighted by molar-refractivity contribution is -0.135. The van der Waals surface area contributed by atoms with Crippen LogP contribution in [0.1, 0.15) is 11.6 Å². The van der Waals surface area contributed by atoms with Crippen molar-refractivity contribution in [2.45, 2.75) is 12.1 Å². The van der Waals surface area contributed by atoms with Gasteiger partial charge in [-0.1, -0.05) is 18.2 Å². The fraction of sp³-hybridized carbons (Fsp3) is 0.462. The van der Waals surface area contributed by atoms with Crippen molar-refractivity contribution in [3.05, 3.63) is 29.8 Å². The standard InChI is InChI=1S/C13H16N2O3.ClH/c16-13(12-7-14-5-6-17-12)15-10-8-18-11-4-2-1-3-9(10)11;/h1-4,10,12,14H,5-8H2,(H,15,16);1H. The topological polar surface area (TPSA) is 59.6 Å². The molecule has 1 aromatic carbocycles. The largest absolute Gasteiger partial charge is 0.491 e. The Bertz CT molecular complexity index is 449. The Hall–Kier alpha value is -1.30. The fourth-order valence-electron chi connectivity index (χ4n) is 2.28. The molecule has 0 radical (unpaired) electrons. The molecule has 2 N–H and O–H groups in total. The first-order chi connectivity index (χ1) is 8.84. The van der Waals surface area contributed by atoms with Gasteiger partial charge in [-0.2, -0.15) is 0 Å². The third-order valence-corrected chi connectivity index (χ3v) is 3.24. The summed E-state index contributed by atoms with van der Waals surface area (Å²) in [6, 6.07) is 7.70. The number of morpholine rings is 1. The molecule has 1 fully saturated rings. The molecule has 2 atom stereocenters. The Labute approximate surface area is 118 Å². The molecule has 5 nitrogen and oxygen atoms in total. The summed E-state index contributed by atoms with van der Waals surface area (Å²) in [6.45, 7) is 2.45. The average Bonchev–Trinajstić information content (AvgIpc) is 2.83. The Kier molecular flexibility index (Phi) is 4.63. The van der Waals surface area contributed by atoms with E-state index in [-0.39, 0.29) is 24.4 Å². The highest BCUT2D eigenvalue weighted by Crippen LogP contribution is 2.31. The molecule has 0 bridgehead atoms. The Morgan fingerprint density at radius 2 is 2.21 bits per heavy atom. The predicted octanol–water partition coefficient (Wildman–Crippen LogP) is 0.646. The van der Waals surface area contributed by atoms with Gasteiger partial charge in [0.05, 0.1) is 12.6 Å². The molecule has 1 amide bonds. The first-order valence-corrected chi connectivity index (χ1v) is 6.19. The van der Waals surface area contributed by atoms with E-state index in [1.165, 1.54) is 0 Å². The normalized spacial score (nSPS) is 24.8. The molecule has 1 saturated heterocycles. The maximum absolute atomic E-state index is 12.0. The van der Waals surface area contributed by atoms with Crippen LogP contribution in [0.4, 0.5) is 0 Å². The van der Waals surface area contributed by atoms with Gasteiger partial charge in [0.25, 0.3) is 5.91 Å². The average molecular weight is 285 g/mol. The summed E-state index contributed by atoms with van der Waals surface area (Å²) in [5.41, 5.74) is 1.04. The van der Waals surface area contributed by atoms with Crippen molar-refractivity contribution >= 4 is 18.3 Å². The van der Waals surface area contributed by atoms with Gasteiger partial charge in [0.2, 0.25) is 0 Å². The summed E-state index contributed by atoms with van der Waals surface area (Å²) in [6.07, 6.45) is -0.397. The summed E-state index contributed by atoms with van der Waals surface area (Å²) in [7, 11) is 0. The second kappa shape index (κ2) is 6.23. The van der Waals surface area contributed by atoms with E-state index >= 15 is 0 Å². The van der Waals surface area contributed by atoms with Crippen molar-refractivity contribution in [1.82, 2.24) is 10.6 Å². The number of hydrogen-bond donors (Lipinski definition) is 2. The van der Waals surface area contributed by atoms with Gasteiger partial charge in [-0.25, -0.2) is 0 Å². The maximum atomic E-state index is 12.0. The molecule has 2 unspecified atom stereocenters. The van der Waals surface area contributed by atoms with Gasteiger partial charge in [0, 0.05) is 18.7 Å². The van der Waals surface area contributed by atoms with Gasteiger partial charge in [-0.3, -0.25) is 4.79 Å². The third kappa shape index (κ3) is 3.00. The number of para-hydroxylation sites is 1. The minimum Gasteiger partial charge on any atom is -0.491 e. The number of fused-ring (bicyclic) bond motifs is 1. The number of benzene rings is 1. The number of ether oxygens (including phenoxy) is 2. The van der Waals surface area contributed by atoms with Crippen molar-refractivity contribution in [2.75, 3.05) is 26.3 Å². The number of carbonyl (C=O) groups is 1. The number of amides is 1. The lowest BCUT2D eigenvalue weighted by Crippen LogP contribution is -2.48. The Morgan fingerprint density at radius 3 is 3.00 bits per heavy atom. The van der Waals surface area contributed by atoms with Crippen LogP contribution in [0.25, 0.3) is 0 Å². The lowest BCUT2D eigenvalue weighted by Gasteiger charge is -2.24. The van der Waals surface area contributed by atoms with Crippen LogP contribution in [-0.4, -0.2) is 38.3 Å². The molecule has 1 aromatic rings. The van der Waals surface area contributed by atoms with Crippen LogP contribution in [0.2, 0.25) is 0 Å². The zero-order chi connectivity index (χ0) is 12.4. The summed E-state index contributed by atoms with van der Waals surface area (Å²) >= 11 is 0. The molecule has 104 valence electrons. The molecule has 0 spiro atoms. The Balaban J connectivity index is 0.00000133. The molecule has 6 heteroatoms. The van der Waals surface area contributed by atoms with Crippen LogP contribution < -0.4 is 15.4 Å². The van der Waals surface area contributed by atoms with Crippen LogP contribution in [0.5, 0.6) is 5.75 Å². The second-order valence-electron chi connectivity index (χ2n) is 4.47. The number of hydrogen-bond acceptors (Lipinski definition) is 4. The van der Waals surface area contributed by atoms with E-state index in [0.29, 0.717) is 19.8 Å². The highest BCUT2D eigenvalue weighted by atomic mass is 35.5. The van der Waals surface area contributed by atoms with Gasteiger partial charge in [-0.05, 0) is 6.07 Å². The molecule has 2 aliphatic heterocycles. The molecule has 0 saturated carbocycles. The zero-order valence-electron chi connectivity index (χ0n) is 10.4. The van der Waals surface area contributed by atoms with Crippen molar-refractivity contribution < 1.29 is 14.3 Å². The first kappa shape index (κ1) is 14.1. The van der Waals surface area contributed by atoms with Crippen molar-refractivity contribution in [2.24, 2.45) is 0 Å². The van der Waals surface area contributed by atoms with Crippen molar-refractivity contribution in [3.63, 3.8) is 0 Å². The van der Waals surface area contributed by atoms with Crippen LogP contribution in [0, 0.1) is 0 Å². The van der Waals surface area contributed by atoms with Gasteiger partial charge < -0.3 is 20.1 Å². The van der Waals surface area contributed by atoms with Gasteiger partial charge in [0.15, 0.2) is 0 Å². The van der Waals surface area contributed by atoms with Crippen LogP contribution in [-0.2, 0) is 9.53 Å². The van der Waals surface area contributed by atoms with E-state index in [1.54, 1.807) is 0 Å². The number of carbonyl (C=O) groups excluding carboxylic acids is 1. The van der Waals surface area contributed by atoms with E-state index in [9.17, 15) is 4.79 Å². The molecular weight excluding hydrogens is 268 g/mol. The van der Waals surface area contributed by atoms with E-state index in [1.807, 2.05) is 24.3 Å². The smallest absolute Gasteiger partial charge is 0.251 e. The van der Waals surface area contributed by atoms with Crippen LogP contribution in [0.15, 0.2) is 24.3 Å². The molecule has 0 aliphatic carbocycles. The molecule has 3 rings (SSSR count). The first-order valence-electron chi connectivity index (χ1n) is 6.19. The minimum atomic E-state index is -0.397. The number of halogens is 1. The van der Waals surface area contributed by atoms with E-state index in [0.717, 1.165) is 17.9 Å². The highest BCUT2D eigenvalue weighted by Gasteiger charge is 2.29. The Morgan fingerprint density at radius 1 is 1.37 bits per heavy atom. The molecular formula is C13H17ClN2O3.